The number of hydrogen-bond acceptors (Lipinski definition) is 3. The summed E-state index contributed by atoms with van der Waals surface area (Å²) >= 11 is 0. The molecule has 3 nitrogen and oxygen atoms in total. The van der Waals surface area contributed by atoms with E-state index in [9.17, 15) is 0 Å². The summed E-state index contributed by atoms with van der Waals surface area (Å²) in [6.45, 7) is 0.880. The van der Waals surface area contributed by atoms with E-state index >= 15 is 0 Å². The minimum absolute atomic E-state index is 0.138. The lowest BCUT2D eigenvalue weighted by Gasteiger charge is -2.06. The van der Waals surface area contributed by atoms with E-state index in [0.29, 0.717) is 13.0 Å². The maximum atomic E-state index is 8.42. The van der Waals surface area contributed by atoms with Crippen LogP contribution in [0, 0.1) is 0 Å². The highest BCUT2D eigenvalue weighted by Crippen LogP contribution is 1.95. The molecule has 9 heavy (non-hydrogen) atoms. The summed E-state index contributed by atoms with van der Waals surface area (Å²) in [6, 6.07) is 0.138. The lowest BCUT2D eigenvalue weighted by molar-refractivity contribution is 0.272. The molecule has 0 aliphatic carbocycles. The Labute approximate surface area is 56.0 Å². The van der Waals surface area contributed by atoms with Crippen LogP contribution in [0.3, 0.4) is 0 Å². The molecular formula is C6H16N2O. The topological polar surface area (TPSA) is 72.3 Å². The maximum absolute atomic E-state index is 8.42. The maximum Gasteiger partial charge on any atom is 0.0445 e. The molecule has 3 heteroatoms. The van der Waals surface area contributed by atoms with Crippen LogP contribution >= 0.6 is 0 Å². The molecule has 0 rings (SSSR count). The van der Waals surface area contributed by atoms with Crippen molar-refractivity contribution in [3.63, 3.8) is 0 Å². The van der Waals surface area contributed by atoms with E-state index in [1.165, 1.54) is 0 Å². The lowest BCUT2D eigenvalue weighted by atomic mass is 10.1. The van der Waals surface area contributed by atoms with Gasteiger partial charge >= 0.3 is 0 Å². The van der Waals surface area contributed by atoms with Crippen LogP contribution in [0.15, 0.2) is 0 Å². The smallest absolute Gasteiger partial charge is 0.0445 e. The minimum Gasteiger partial charge on any atom is -0.396 e. The summed E-state index contributed by atoms with van der Waals surface area (Å²) in [5.74, 6) is 0. The molecule has 0 saturated carbocycles. The third-order valence-corrected chi connectivity index (χ3v) is 1.28. The first kappa shape index (κ1) is 8.88. The molecule has 1 atom stereocenters. The third kappa shape index (κ3) is 5.76. The first-order valence-corrected chi connectivity index (χ1v) is 3.37. The molecule has 0 amide bonds. The highest BCUT2D eigenvalue weighted by molar-refractivity contribution is 4.59. The molecule has 0 fully saturated rings. The fraction of sp³-hybridized carbons (Fsp3) is 1.00. The predicted octanol–water partition coefficient (Wildman–Crippen LogP) is -0.565. The van der Waals surface area contributed by atoms with Gasteiger partial charge in [-0.1, -0.05) is 0 Å². The average Bonchev–Trinajstić information content (AvgIpc) is 1.85. The average molecular weight is 132 g/mol. The van der Waals surface area contributed by atoms with Gasteiger partial charge in [0.05, 0.1) is 0 Å². The molecule has 0 aromatic carbocycles. The molecule has 0 bridgehead atoms. The summed E-state index contributed by atoms with van der Waals surface area (Å²) < 4.78 is 0. The van der Waals surface area contributed by atoms with Crippen molar-refractivity contribution in [3.8, 4) is 0 Å². The zero-order valence-corrected chi connectivity index (χ0v) is 5.71. The number of aliphatic hydroxyl groups is 1. The SMILES string of the molecule is NCCC[C@H](N)CCO. The van der Waals surface area contributed by atoms with Crippen molar-refractivity contribution in [1.82, 2.24) is 0 Å². The highest BCUT2D eigenvalue weighted by atomic mass is 16.3. The van der Waals surface area contributed by atoms with Gasteiger partial charge in [-0.25, -0.2) is 0 Å². The minimum atomic E-state index is 0.138. The Hall–Kier alpha value is -0.120. The standard InChI is InChI=1S/C6H16N2O/c7-4-1-2-6(8)3-5-9/h6,9H,1-5,7-8H2/t6-/m0/s1. The Morgan fingerprint density at radius 3 is 2.44 bits per heavy atom. The van der Waals surface area contributed by atoms with Gasteiger partial charge in [-0.15, -0.1) is 0 Å². The quantitative estimate of drug-likeness (QED) is 0.469. The Bertz CT molecular complexity index is 59.0. The normalized spacial score (nSPS) is 13.7. The van der Waals surface area contributed by atoms with Gasteiger partial charge in [0.1, 0.15) is 0 Å². The molecule has 0 saturated heterocycles. The number of hydrogen-bond donors (Lipinski definition) is 3. The van der Waals surface area contributed by atoms with Crippen molar-refractivity contribution in [2.45, 2.75) is 25.3 Å². The fourth-order valence-electron chi connectivity index (χ4n) is 0.690. The van der Waals surface area contributed by atoms with Crippen molar-refractivity contribution in [3.05, 3.63) is 0 Å². The predicted molar refractivity (Wildman–Crippen MR) is 38.0 cm³/mol. The van der Waals surface area contributed by atoms with Crippen molar-refractivity contribution in [2.24, 2.45) is 11.5 Å². The summed E-state index contributed by atoms with van der Waals surface area (Å²) in [7, 11) is 0. The van der Waals surface area contributed by atoms with Crippen LogP contribution in [0.5, 0.6) is 0 Å². The summed E-state index contributed by atoms with van der Waals surface area (Å²) in [4.78, 5) is 0. The monoisotopic (exact) mass is 132 g/mol. The molecule has 56 valence electrons. The van der Waals surface area contributed by atoms with Crippen LogP contribution in [0.25, 0.3) is 0 Å². The molecule has 0 heterocycles. The van der Waals surface area contributed by atoms with E-state index in [2.05, 4.69) is 0 Å². The van der Waals surface area contributed by atoms with Crippen molar-refractivity contribution < 1.29 is 5.11 Å². The number of nitrogens with two attached hydrogens (primary N) is 2. The Kier molecular flexibility index (Phi) is 5.93. The van der Waals surface area contributed by atoms with Crippen molar-refractivity contribution in [1.29, 1.82) is 0 Å². The van der Waals surface area contributed by atoms with E-state index in [-0.39, 0.29) is 12.6 Å². The van der Waals surface area contributed by atoms with Crippen LogP contribution in [0.1, 0.15) is 19.3 Å². The summed E-state index contributed by atoms with van der Waals surface area (Å²) in [5.41, 5.74) is 10.8. The molecule has 0 aliphatic rings. The zero-order chi connectivity index (χ0) is 7.11. The molecule has 0 aromatic heterocycles. The van der Waals surface area contributed by atoms with Crippen molar-refractivity contribution in [2.75, 3.05) is 13.2 Å². The Morgan fingerprint density at radius 2 is 2.00 bits per heavy atom. The van der Waals surface area contributed by atoms with Crippen LogP contribution in [0.4, 0.5) is 0 Å². The van der Waals surface area contributed by atoms with Gasteiger partial charge in [-0.05, 0) is 25.8 Å². The lowest BCUT2D eigenvalue weighted by Crippen LogP contribution is -2.22. The molecule has 0 radical (unpaired) electrons. The van der Waals surface area contributed by atoms with Gasteiger partial charge in [0, 0.05) is 12.6 Å². The van der Waals surface area contributed by atoms with E-state index in [0.717, 1.165) is 12.8 Å². The Morgan fingerprint density at radius 1 is 1.33 bits per heavy atom. The second kappa shape index (κ2) is 6.01. The molecule has 0 aliphatic heterocycles. The van der Waals surface area contributed by atoms with Crippen molar-refractivity contribution >= 4 is 0 Å². The molecule has 0 spiro atoms. The third-order valence-electron chi connectivity index (χ3n) is 1.28. The van der Waals surface area contributed by atoms with Gasteiger partial charge in [0.15, 0.2) is 0 Å². The van der Waals surface area contributed by atoms with E-state index in [4.69, 9.17) is 16.6 Å². The van der Waals surface area contributed by atoms with Gasteiger partial charge in [-0.3, -0.25) is 0 Å². The first-order chi connectivity index (χ1) is 4.31. The van der Waals surface area contributed by atoms with E-state index < -0.39 is 0 Å². The Balaban J connectivity index is 2.95. The van der Waals surface area contributed by atoms with E-state index in [1.807, 2.05) is 0 Å². The van der Waals surface area contributed by atoms with Crippen LogP contribution < -0.4 is 11.5 Å². The highest BCUT2D eigenvalue weighted by Gasteiger charge is 1.98. The van der Waals surface area contributed by atoms with Crippen LogP contribution in [0.2, 0.25) is 0 Å². The molecule has 0 unspecified atom stereocenters. The molecule has 0 aromatic rings. The first-order valence-electron chi connectivity index (χ1n) is 3.37. The zero-order valence-electron chi connectivity index (χ0n) is 5.71. The molecular weight excluding hydrogens is 116 g/mol. The second-order valence-corrected chi connectivity index (χ2v) is 2.20. The van der Waals surface area contributed by atoms with Crippen LogP contribution in [-0.2, 0) is 0 Å². The second-order valence-electron chi connectivity index (χ2n) is 2.20. The summed E-state index contributed by atoms with van der Waals surface area (Å²) in [5, 5.41) is 8.42. The number of aliphatic hydroxyl groups excluding tert-OH is 1. The summed E-state index contributed by atoms with van der Waals surface area (Å²) in [6.07, 6.45) is 2.58. The van der Waals surface area contributed by atoms with Crippen LogP contribution in [-0.4, -0.2) is 24.3 Å². The van der Waals surface area contributed by atoms with Gasteiger partial charge in [0.25, 0.3) is 0 Å². The largest absolute Gasteiger partial charge is 0.396 e. The van der Waals surface area contributed by atoms with Gasteiger partial charge in [-0.2, -0.15) is 0 Å². The van der Waals surface area contributed by atoms with Gasteiger partial charge < -0.3 is 16.6 Å². The van der Waals surface area contributed by atoms with Gasteiger partial charge in [0.2, 0.25) is 0 Å². The molecule has 5 N–H and O–H groups in total. The fourth-order valence-corrected chi connectivity index (χ4v) is 0.690. The number of rotatable bonds is 5. The van der Waals surface area contributed by atoms with E-state index in [1.54, 1.807) is 0 Å².